The minimum absolute atomic E-state index is 0.110. The van der Waals surface area contributed by atoms with Crippen LogP contribution in [-0.2, 0) is 0 Å². The molecule has 8 aromatic heterocycles. The highest BCUT2D eigenvalue weighted by molar-refractivity contribution is 6.06. The molecular weight excluding hydrogens is 1240 g/mol. The van der Waals surface area contributed by atoms with E-state index in [9.17, 15) is 17.6 Å². The summed E-state index contributed by atoms with van der Waals surface area (Å²) >= 11 is 0. The Kier molecular flexibility index (Phi) is 12.8. The molecule has 0 saturated carbocycles. The highest BCUT2D eigenvalue weighted by Crippen LogP contribution is 2.46. The molecule has 14 rings (SSSR count). The van der Waals surface area contributed by atoms with Crippen LogP contribution in [0.25, 0.3) is 146 Å². The van der Waals surface area contributed by atoms with Gasteiger partial charge in [-0.15, -0.1) is 0 Å². The van der Waals surface area contributed by atoms with E-state index in [0.717, 1.165) is 72.8 Å². The average Bonchev–Trinajstić information content (AvgIpc) is 1.51. The first-order chi connectivity index (χ1) is 42.9. The largest absolute Gasteiger partial charge is 0.354 e. The van der Waals surface area contributed by atoms with Crippen molar-refractivity contribution < 1.29 is 87.8 Å². The zero-order valence-corrected chi connectivity index (χ0v) is 43.7. The maximum absolute atomic E-state index is 16.3. The molecule has 0 fully saturated rings. The molecule has 0 radical (unpaired) electrons. The van der Waals surface area contributed by atoms with Gasteiger partial charge in [0.2, 0.25) is 23.3 Å². The molecule has 0 aliphatic carbocycles. The number of aromatic nitrogens is 8. The summed E-state index contributed by atoms with van der Waals surface area (Å²) in [4.78, 5) is 25.8. The van der Waals surface area contributed by atoms with E-state index in [0.29, 0.717) is 0 Å². The zero-order chi connectivity index (χ0) is 63.5. The fraction of sp³-hybridized carbons (Fsp3) is 0. The summed E-state index contributed by atoms with van der Waals surface area (Å²) in [5.41, 5.74) is -17.2. The molecule has 8 nitrogen and oxygen atoms in total. The van der Waals surface area contributed by atoms with Crippen molar-refractivity contribution in [2.75, 3.05) is 0 Å². The summed E-state index contributed by atoms with van der Waals surface area (Å²) in [6.45, 7) is 0. The Morgan fingerprint density at radius 1 is 0.156 bits per heavy atom. The van der Waals surface area contributed by atoms with Crippen molar-refractivity contribution in [3.05, 3.63) is 212 Å². The van der Waals surface area contributed by atoms with Crippen molar-refractivity contribution in [1.29, 1.82) is 0 Å². The molecule has 6 N–H and O–H groups in total. The molecule has 12 aromatic rings. The van der Waals surface area contributed by atoms with Crippen molar-refractivity contribution in [1.82, 2.24) is 39.9 Å². The lowest BCUT2D eigenvalue weighted by molar-refractivity contribution is 0.381. The van der Waals surface area contributed by atoms with Gasteiger partial charge in [0, 0.05) is 77.5 Å². The van der Waals surface area contributed by atoms with Crippen LogP contribution in [0.3, 0.4) is 0 Å². The monoisotopic (exact) mass is 1260 g/mol. The van der Waals surface area contributed by atoms with Gasteiger partial charge in [0.05, 0.1) is 67.1 Å². The van der Waals surface area contributed by atoms with E-state index in [2.05, 4.69) is 39.9 Å². The minimum atomic E-state index is -2.57. The van der Waals surface area contributed by atoms with Crippen LogP contribution >= 0.6 is 0 Å². The van der Waals surface area contributed by atoms with E-state index < -0.39 is 239 Å². The van der Waals surface area contributed by atoms with E-state index in [1.807, 2.05) is 0 Å². The highest BCUT2D eigenvalue weighted by atomic mass is 19.2. The molecule has 2 aliphatic heterocycles. The lowest BCUT2D eigenvalue weighted by atomic mass is 10.0. The summed E-state index contributed by atoms with van der Waals surface area (Å²) in [6.07, 6.45) is 4.03. The number of nitrogens with one attached hydrogen (secondary N) is 6. The van der Waals surface area contributed by atoms with Crippen molar-refractivity contribution in [3.8, 4) is 55.6 Å². The number of H-pyrrole nitrogens is 6. The molecule has 16 bridgehead atoms. The summed E-state index contributed by atoms with van der Waals surface area (Å²) in [6, 6.07) is 13.2. The van der Waals surface area contributed by atoms with E-state index in [4.69, 9.17) is 0 Å². The molecule has 0 atom stereocenters. The number of nitrogens with zero attached hydrogens (tertiary/aromatic N) is 2. The average molecular weight is 1260 g/mol. The normalized spacial score (nSPS) is 12.4. The van der Waals surface area contributed by atoms with Crippen LogP contribution in [0.15, 0.2) is 72.8 Å². The van der Waals surface area contributed by atoms with Gasteiger partial charge in [-0.3, -0.25) is 0 Å². The van der Waals surface area contributed by atoms with Crippen molar-refractivity contribution in [2.45, 2.75) is 0 Å². The highest BCUT2D eigenvalue weighted by Gasteiger charge is 2.35. The first kappa shape index (κ1) is 56.7. The molecule has 0 amide bonds. The van der Waals surface area contributed by atoms with Crippen molar-refractivity contribution in [2.24, 2.45) is 0 Å². The standard InChI is InChI=1S/C62H22F20N8/c63-43-39(44(64)52(72)59(79)51(43)71)35-25-5-1-17(83-25)18-2-6-26(84-18)36(40-45(65)53(73)60(80)54(74)46(40)66)30-14-10-22(88-30)33(21-9-13-29(35)87-21)34-23-11-15-31(89-23)37(41-47(67)55(75)61(81)56(76)48(41)68)27-7-3-19(85-27)20-4-8-28(86-20)38(32-16-12-24(34)90-32)42-49(69)57(77)62(82)58(78)50(42)70/h1-16,83-87,89H. The summed E-state index contributed by atoms with van der Waals surface area (Å²) in [7, 11) is 0. The van der Waals surface area contributed by atoms with Crippen molar-refractivity contribution in [3.63, 3.8) is 0 Å². The molecule has 0 spiro atoms. The number of aromatic amines is 6. The SMILES string of the molecule is Fc1c(F)c(F)c(-c2c3nc(c(-c4c5nc(c(-c6c(F)c(F)c(F)c(F)c6F)c6ccc([nH]6)c6ccc([nH]6)c(-c6c(F)c(F)c(F)c(F)c6F)c6ccc4[nH]6)C=C5)c4ccc([nH]4)c(-c4c(F)c(F)c(F)c(F)c4F)c4ccc([nH]4)c4ccc2[nH]4)C=C3)c(F)c1F. The Morgan fingerprint density at radius 3 is 0.489 bits per heavy atom. The third-order valence-corrected chi connectivity index (χ3v) is 15.2. The molecule has 90 heavy (non-hydrogen) atoms. The number of fused-ring (bicyclic) bond motifs is 18. The van der Waals surface area contributed by atoms with Gasteiger partial charge in [0.15, 0.2) is 93.1 Å². The minimum Gasteiger partial charge on any atom is -0.354 e. The first-order valence-electron chi connectivity index (χ1n) is 25.7. The van der Waals surface area contributed by atoms with E-state index in [1.54, 1.807) is 0 Å². The predicted molar refractivity (Wildman–Crippen MR) is 290 cm³/mol. The molecule has 2 aliphatic rings. The van der Waals surface area contributed by atoms with Crippen LogP contribution in [0.4, 0.5) is 87.8 Å². The Hall–Kier alpha value is -11.1. The van der Waals surface area contributed by atoms with Crippen LogP contribution in [0, 0.1) is 116 Å². The van der Waals surface area contributed by atoms with Crippen LogP contribution < -0.4 is 0 Å². The maximum atomic E-state index is 16.3. The Labute approximate surface area is 484 Å². The van der Waals surface area contributed by atoms with Gasteiger partial charge in [0.1, 0.15) is 0 Å². The van der Waals surface area contributed by atoms with Gasteiger partial charge in [-0.25, -0.2) is 97.8 Å². The van der Waals surface area contributed by atoms with Crippen LogP contribution in [0.1, 0.15) is 22.8 Å². The number of halogens is 20. The van der Waals surface area contributed by atoms with E-state index in [1.165, 1.54) is 24.3 Å². The second-order valence-corrected chi connectivity index (χ2v) is 20.2. The second kappa shape index (κ2) is 20.3. The predicted octanol–water partition coefficient (Wildman–Crippen LogP) is 18.8. The van der Waals surface area contributed by atoms with E-state index >= 15 is 70.2 Å². The fourth-order valence-electron chi connectivity index (χ4n) is 11.2. The smallest absolute Gasteiger partial charge is 0.200 e. The number of hydrogen-bond donors (Lipinski definition) is 6. The quantitative estimate of drug-likeness (QED) is 0.0584. The van der Waals surface area contributed by atoms with Crippen LogP contribution in [-0.4, -0.2) is 39.9 Å². The molecule has 450 valence electrons. The molecule has 28 heteroatoms. The van der Waals surface area contributed by atoms with Crippen LogP contribution in [0.5, 0.6) is 0 Å². The second-order valence-electron chi connectivity index (χ2n) is 20.2. The zero-order valence-electron chi connectivity index (χ0n) is 43.7. The lowest BCUT2D eigenvalue weighted by Crippen LogP contribution is -2.05. The van der Waals surface area contributed by atoms with Gasteiger partial charge in [0.25, 0.3) is 0 Å². The summed E-state index contributed by atoms with van der Waals surface area (Å²) in [5.74, 6) is -48.7. The third kappa shape index (κ3) is 8.18. The Morgan fingerprint density at radius 2 is 0.289 bits per heavy atom. The van der Waals surface area contributed by atoms with E-state index in [-0.39, 0.29) is 22.1 Å². The van der Waals surface area contributed by atoms with Crippen LogP contribution in [0.2, 0.25) is 0 Å². The molecule has 10 heterocycles. The number of benzene rings is 4. The van der Waals surface area contributed by atoms with Gasteiger partial charge in [-0.2, -0.15) is 0 Å². The fourth-order valence-corrected chi connectivity index (χ4v) is 11.2. The summed E-state index contributed by atoms with van der Waals surface area (Å²) in [5, 5.41) is 0. The number of hydrogen-bond acceptors (Lipinski definition) is 2. The van der Waals surface area contributed by atoms with Gasteiger partial charge >= 0.3 is 0 Å². The topological polar surface area (TPSA) is 121 Å². The molecule has 4 aromatic carbocycles. The Balaban J connectivity index is 1.24. The van der Waals surface area contributed by atoms with Gasteiger partial charge in [-0.05, 0) is 97.1 Å². The number of rotatable bonds is 5. The molecule has 0 unspecified atom stereocenters. The molecular formula is C62H22F20N8. The van der Waals surface area contributed by atoms with Gasteiger partial charge in [-0.1, -0.05) is 0 Å². The Bertz CT molecular complexity index is 5130. The van der Waals surface area contributed by atoms with Crippen molar-refractivity contribution >= 4 is 90.5 Å². The third-order valence-electron chi connectivity index (χ3n) is 15.2. The first-order valence-corrected chi connectivity index (χ1v) is 25.7. The summed E-state index contributed by atoms with van der Waals surface area (Å²) < 4.78 is 313. The molecule has 0 saturated heterocycles. The maximum Gasteiger partial charge on any atom is 0.200 e. The lowest BCUT2D eigenvalue weighted by Gasteiger charge is -2.10. The van der Waals surface area contributed by atoms with Gasteiger partial charge < -0.3 is 29.9 Å².